The Labute approximate surface area is 133 Å². The Kier molecular flexibility index (Phi) is 4.17. The fraction of sp³-hybridized carbons (Fsp3) is 0. The van der Waals surface area contributed by atoms with Gasteiger partial charge in [-0.15, -0.1) is 0 Å². The molecule has 0 aliphatic rings. The van der Waals surface area contributed by atoms with E-state index in [4.69, 9.17) is 11.6 Å². The number of hydrogen-bond donors (Lipinski definition) is 1. The van der Waals surface area contributed by atoms with Crippen LogP contribution in [-0.2, 0) is 4.79 Å². The fourth-order valence-corrected chi connectivity index (χ4v) is 2.37. The lowest BCUT2D eigenvalue weighted by atomic mass is 10.1. The molecule has 0 saturated heterocycles. The van der Waals surface area contributed by atoms with E-state index in [0.717, 1.165) is 16.5 Å². The quantitative estimate of drug-likeness (QED) is 0.722. The lowest BCUT2D eigenvalue weighted by Crippen LogP contribution is -2.07. The lowest BCUT2D eigenvalue weighted by molar-refractivity contribution is -0.111. The smallest absolute Gasteiger partial charge is 0.248 e. The van der Waals surface area contributed by atoms with Gasteiger partial charge in [-0.05, 0) is 30.3 Å². The summed E-state index contributed by atoms with van der Waals surface area (Å²) in [6, 6.07) is 16.8. The number of benzene rings is 2. The highest BCUT2D eigenvalue weighted by Crippen LogP contribution is 2.18. The van der Waals surface area contributed by atoms with Gasteiger partial charge in [0.15, 0.2) is 0 Å². The van der Waals surface area contributed by atoms with Crippen LogP contribution in [0.25, 0.3) is 17.0 Å². The van der Waals surface area contributed by atoms with Gasteiger partial charge in [-0.25, -0.2) is 0 Å². The predicted molar refractivity (Wildman–Crippen MR) is 90.9 cm³/mol. The molecule has 2 aromatic carbocycles. The van der Waals surface area contributed by atoms with E-state index in [2.05, 4.69) is 10.3 Å². The van der Waals surface area contributed by atoms with E-state index >= 15 is 0 Å². The zero-order valence-electron chi connectivity index (χ0n) is 11.7. The van der Waals surface area contributed by atoms with Crippen LogP contribution in [0.3, 0.4) is 0 Å². The van der Waals surface area contributed by atoms with Crippen LogP contribution in [0, 0.1) is 0 Å². The number of hydrogen-bond acceptors (Lipinski definition) is 2. The van der Waals surface area contributed by atoms with E-state index in [1.807, 2.05) is 30.3 Å². The molecule has 3 aromatic rings. The number of nitrogens with one attached hydrogen (secondary N) is 1. The van der Waals surface area contributed by atoms with Crippen molar-refractivity contribution >= 4 is 40.2 Å². The highest BCUT2D eigenvalue weighted by molar-refractivity contribution is 6.30. The van der Waals surface area contributed by atoms with Gasteiger partial charge >= 0.3 is 0 Å². The van der Waals surface area contributed by atoms with Crippen molar-refractivity contribution in [2.24, 2.45) is 0 Å². The molecule has 108 valence electrons. The minimum atomic E-state index is -0.213. The molecule has 0 atom stereocenters. The van der Waals surface area contributed by atoms with Crippen molar-refractivity contribution in [3.05, 3.63) is 77.5 Å². The van der Waals surface area contributed by atoms with Crippen LogP contribution in [0.4, 0.5) is 5.69 Å². The second-order valence-corrected chi connectivity index (χ2v) is 5.19. The van der Waals surface area contributed by atoms with Crippen LogP contribution in [0.15, 0.2) is 66.9 Å². The maximum absolute atomic E-state index is 12.0. The predicted octanol–water partition coefficient (Wildman–Crippen LogP) is 4.54. The Balaban J connectivity index is 1.79. The van der Waals surface area contributed by atoms with Crippen molar-refractivity contribution in [2.45, 2.75) is 0 Å². The van der Waals surface area contributed by atoms with Crippen molar-refractivity contribution in [1.82, 2.24) is 4.98 Å². The molecule has 3 nitrogen and oxygen atoms in total. The minimum Gasteiger partial charge on any atom is -0.322 e. The standard InChI is InChI=1S/C18H13ClN2O/c19-15-7-2-8-16(12-15)21-17(22)10-9-14-5-1-4-13-6-3-11-20-18(13)14/h1-12H,(H,21,22)/b10-9+. The molecule has 0 bridgehead atoms. The van der Waals surface area contributed by atoms with Gasteiger partial charge in [0, 0.05) is 33.9 Å². The zero-order valence-corrected chi connectivity index (χ0v) is 12.4. The molecule has 3 rings (SSSR count). The largest absolute Gasteiger partial charge is 0.322 e. The first-order chi connectivity index (χ1) is 10.7. The first-order valence-electron chi connectivity index (χ1n) is 6.81. The summed E-state index contributed by atoms with van der Waals surface area (Å²) in [6.45, 7) is 0. The molecule has 1 heterocycles. The first kappa shape index (κ1) is 14.3. The summed E-state index contributed by atoms with van der Waals surface area (Å²) in [7, 11) is 0. The van der Waals surface area contributed by atoms with Crippen molar-refractivity contribution in [1.29, 1.82) is 0 Å². The number of amides is 1. The molecule has 0 saturated carbocycles. The van der Waals surface area contributed by atoms with Gasteiger partial charge in [0.2, 0.25) is 5.91 Å². The Morgan fingerprint density at radius 3 is 2.77 bits per heavy atom. The summed E-state index contributed by atoms with van der Waals surface area (Å²) in [6.07, 6.45) is 4.99. The second-order valence-electron chi connectivity index (χ2n) is 4.76. The fourth-order valence-electron chi connectivity index (χ4n) is 2.18. The highest BCUT2D eigenvalue weighted by atomic mass is 35.5. The van der Waals surface area contributed by atoms with E-state index in [1.54, 1.807) is 36.5 Å². The van der Waals surface area contributed by atoms with Crippen LogP contribution in [0.5, 0.6) is 0 Å². The van der Waals surface area contributed by atoms with Gasteiger partial charge in [-0.2, -0.15) is 0 Å². The molecule has 1 N–H and O–H groups in total. The molecular formula is C18H13ClN2O. The second kappa shape index (κ2) is 6.41. The summed E-state index contributed by atoms with van der Waals surface area (Å²) in [4.78, 5) is 16.3. The molecule has 0 fully saturated rings. The average molecular weight is 309 g/mol. The molecule has 0 spiro atoms. The molecule has 1 aromatic heterocycles. The number of pyridine rings is 1. The molecule has 4 heteroatoms. The Morgan fingerprint density at radius 2 is 1.91 bits per heavy atom. The number of fused-ring (bicyclic) bond motifs is 1. The van der Waals surface area contributed by atoms with Crippen molar-refractivity contribution in [3.63, 3.8) is 0 Å². The summed E-state index contributed by atoms with van der Waals surface area (Å²) < 4.78 is 0. The van der Waals surface area contributed by atoms with Gasteiger partial charge < -0.3 is 5.32 Å². The summed E-state index contributed by atoms with van der Waals surface area (Å²) in [5.41, 5.74) is 2.44. The number of aromatic nitrogens is 1. The van der Waals surface area contributed by atoms with Crippen molar-refractivity contribution in [2.75, 3.05) is 5.32 Å². The van der Waals surface area contributed by atoms with Gasteiger partial charge in [0.05, 0.1) is 5.52 Å². The third-order valence-corrected chi connectivity index (χ3v) is 3.41. The van der Waals surface area contributed by atoms with Crippen LogP contribution in [-0.4, -0.2) is 10.9 Å². The molecule has 22 heavy (non-hydrogen) atoms. The van der Waals surface area contributed by atoms with Gasteiger partial charge in [-0.1, -0.05) is 41.9 Å². The van der Waals surface area contributed by atoms with Crippen LogP contribution >= 0.6 is 11.6 Å². The third-order valence-electron chi connectivity index (χ3n) is 3.17. The molecular weight excluding hydrogens is 296 g/mol. The number of nitrogens with zero attached hydrogens (tertiary/aromatic N) is 1. The van der Waals surface area contributed by atoms with E-state index < -0.39 is 0 Å². The van der Waals surface area contributed by atoms with E-state index in [0.29, 0.717) is 10.7 Å². The Hall–Kier alpha value is -2.65. The average Bonchev–Trinajstić information content (AvgIpc) is 2.53. The number of rotatable bonds is 3. The maximum atomic E-state index is 12.0. The first-order valence-corrected chi connectivity index (χ1v) is 7.18. The summed E-state index contributed by atoms with van der Waals surface area (Å²) >= 11 is 5.89. The minimum absolute atomic E-state index is 0.213. The maximum Gasteiger partial charge on any atom is 0.248 e. The van der Waals surface area contributed by atoms with E-state index in [-0.39, 0.29) is 5.91 Å². The molecule has 1 amide bonds. The van der Waals surface area contributed by atoms with Crippen LogP contribution in [0.2, 0.25) is 5.02 Å². The number of para-hydroxylation sites is 1. The number of anilines is 1. The number of carbonyl (C=O) groups is 1. The summed E-state index contributed by atoms with van der Waals surface area (Å²) in [5.74, 6) is -0.213. The molecule has 0 radical (unpaired) electrons. The van der Waals surface area contributed by atoms with Gasteiger partial charge in [0.25, 0.3) is 0 Å². The summed E-state index contributed by atoms with van der Waals surface area (Å²) in [5, 5.41) is 4.40. The van der Waals surface area contributed by atoms with E-state index in [9.17, 15) is 4.79 Å². The van der Waals surface area contributed by atoms with E-state index in [1.165, 1.54) is 6.08 Å². The topological polar surface area (TPSA) is 42.0 Å². The molecule has 0 aliphatic heterocycles. The molecule has 0 aliphatic carbocycles. The Morgan fingerprint density at radius 1 is 1.09 bits per heavy atom. The lowest BCUT2D eigenvalue weighted by Gasteiger charge is -2.03. The SMILES string of the molecule is O=C(/C=C/c1cccc2cccnc12)Nc1cccc(Cl)c1. The van der Waals surface area contributed by atoms with Gasteiger partial charge in [-0.3, -0.25) is 9.78 Å². The van der Waals surface area contributed by atoms with Crippen molar-refractivity contribution < 1.29 is 4.79 Å². The number of carbonyl (C=O) groups excluding carboxylic acids is 1. The Bertz CT molecular complexity index is 853. The molecule has 0 unspecified atom stereocenters. The van der Waals surface area contributed by atoms with Gasteiger partial charge in [0.1, 0.15) is 0 Å². The van der Waals surface area contributed by atoms with Crippen molar-refractivity contribution in [3.8, 4) is 0 Å². The highest BCUT2D eigenvalue weighted by Gasteiger charge is 2.01. The zero-order chi connectivity index (χ0) is 15.4. The third kappa shape index (κ3) is 3.32. The number of halogens is 1. The van der Waals surface area contributed by atoms with Crippen LogP contribution in [0.1, 0.15) is 5.56 Å². The monoisotopic (exact) mass is 308 g/mol. The van der Waals surface area contributed by atoms with Crippen LogP contribution < -0.4 is 5.32 Å². The normalized spacial score (nSPS) is 11.0.